The molecule has 0 saturated carbocycles. The SMILES string of the molecule is C[SiH](OCCBr)C(C)(C)C. The summed E-state index contributed by atoms with van der Waals surface area (Å²) in [5.74, 6) is 0. The molecule has 0 aliphatic carbocycles. The summed E-state index contributed by atoms with van der Waals surface area (Å²) >= 11 is 3.34. The van der Waals surface area contributed by atoms with E-state index in [1.54, 1.807) is 0 Å². The highest BCUT2D eigenvalue weighted by atomic mass is 79.9. The van der Waals surface area contributed by atoms with Crippen molar-refractivity contribution in [1.29, 1.82) is 0 Å². The Labute approximate surface area is 74.0 Å². The maximum atomic E-state index is 5.65. The molecule has 62 valence electrons. The minimum absolute atomic E-state index is 0.405. The highest BCUT2D eigenvalue weighted by Gasteiger charge is 2.22. The zero-order valence-corrected chi connectivity index (χ0v) is 10.0. The van der Waals surface area contributed by atoms with E-state index in [4.69, 9.17) is 4.43 Å². The number of rotatable bonds is 3. The Morgan fingerprint density at radius 3 is 2.20 bits per heavy atom. The first-order valence-corrected chi connectivity index (χ1v) is 6.98. The van der Waals surface area contributed by atoms with Gasteiger partial charge in [0.1, 0.15) is 0 Å². The molecule has 0 aromatic carbocycles. The van der Waals surface area contributed by atoms with E-state index in [1.807, 2.05) is 0 Å². The van der Waals surface area contributed by atoms with Crippen molar-refractivity contribution in [3.8, 4) is 0 Å². The third-order valence-corrected chi connectivity index (χ3v) is 5.16. The average molecular weight is 225 g/mol. The lowest BCUT2D eigenvalue weighted by atomic mass is 10.3. The van der Waals surface area contributed by atoms with E-state index in [-0.39, 0.29) is 0 Å². The fourth-order valence-corrected chi connectivity index (χ4v) is 1.97. The van der Waals surface area contributed by atoms with Gasteiger partial charge in [-0.1, -0.05) is 36.7 Å². The Bertz CT molecular complexity index is 90.1. The zero-order chi connectivity index (χ0) is 8.20. The predicted octanol–water partition coefficient (Wildman–Crippen LogP) is 2.55. The van der Waals surface area contributed by atoms with Gasteiger partial charge in [0.05, 0.1) is 0 Å². The van der Waals surface area contributed by atoms with Crippen molar-refractivity contribution < 1.29 is 4.43 Å². The van der Waals surface area contributed by atoms with Crippen LogP contribution in [0.15, 0.2) is 0 Å². The van der Waals surface area contributed by atoms with Gasteiger partial charge in [-0.15, -0.1) is 0 Å². The second kappa shape index (κ2) is 4.52. The Kier molecular flexibility index (Phi) is 4.81. The molecule has 1 nitrogen and oxygen atoms in total. The Balaban J connectivity index is 3.52. The first-order chi connectivity index (χ1) is 4.48. The Morgan fingerprint density at radius 2 is 1.90 bits per heavy atom. The minimum atomic E-state index is -0.938. The van der Waals surface area contributed by atoms with Gasteiger partial charge in [0.25, 0.3) is 0 Å². The van der Waals surface area contributed by atoms with Crippen LogP contribution in [-0.2, 0) is 4.43 Å². The summed E-state index contributed by atoms with van der Waals surface area (Å²) < 4.78 is 5.65. The van der Waals surface area contributed by atoms with Crippen LogP contribution in [0.2, 0.25) is 11.6 Å². The molecule has 0 amide bonds. The van der Waals surface area contributed by atoms with Crippen molar-refractivity contribution in [2.75, 3.05) is 11.9 Å². The van der Waals surface area contributed by atoms with Crippen molar-refractivity contribution in [3.63, 3.8) is 0 Å². The molecule has 0 saturated heterocycles. The lowest BCUT2D eigenvalue weighted by Crippen LogP contribution is -2.26. The van der Waals surface area contributed by atoms with Crippen molar-refractivity contribution in [3.05, 3.63) is 0 Å². The van der Waals surface area contributed by atoms with Crippen LogP contribution in [0.4, 0.5) is 0 Å². The van der Waals surface area contributed by atoms with Gasteiger partial charge in [-0.05, 0) is 11.6 Å². The maximum absolute atomic E-state index is 5.65. The quantitative estimate of drug-likeness (QED) is 0.529. The molecule has 0 fully saturated rings. The van der Waals surface area contributed by atoms with E-state index in [9.17, 15) is 0 Å². The molecular formula is C7H17BrOSi. The molecule has 0 bridgehead atoms. The third kappa shape index (κ3) is 4.47. The molecule has 3 heteroatoms. The molecule has 0 heterocycles. The van der Waals surface area contributed by atoms with E-state index in [0.29, 0.717) is 5.04 Å². The van der Waals surface area contributed by atoms with Gasteiger partial charge in [0, 0.05) is 11.9 Å². The van der Waals surface area contributed by atoms with Crippen LogP contribution < -0.4 is 0 Å². The normalized spacial score (nSPS) is 15.3. The van der Waals surface area contributed by atoms with Gasteiger partial charge in [0.2, 0.25) is 0 Å². The number of hydrogen-bond donors (Lipinski definition) is 0. The predicted molar refractivity (Wildman–Crippen MR) is 52.5 cm³/mol. The highest BCUT2D eigenvalue weighted by molar-refractivity contribution is 9.09. The summed E-state index contributed by atoms with van der Waals surface area (Å²) in [5, 5.41) is 1.36. The molecule has 0 N–H and O–H groups in total. The second-order valence-corrected chi connectivity index (χ2v) is 7.71. The third-order valence-electron chi connectivity index (χ3n) is 1.66. The summed E-state index contributed by atoms with van der Waals surface area (Å²) in [7, 11) is -0.938. The van der Waals surface area contributed by atoms with E-state index >= 15 is 0 Å². The topological polar surface area (TPSA) is 9.23 Å². The number of halogens is 1. The monoisotopic (exact) mass is 224 g/mol. The molecule has 0 spiro atoms. The molecule has 0 radical (unpaired) electrons. The van der Waals surface area contributed by atoms with Crippen molar-refractivity contribution >= 4 is 25.0 Å². The van der Waals surface area contributed by atoms with E-state index in [1.165, 1.54) is 0 Å². The smallest absolute Gasteiger partial charge is 0.179 e. The van der Waals surface area contributed by atoms with Crippen LogP contribution in [-0.4, -0.2) is 21.0 Å². The van der Waals surface area contributed by atoms with Crippen LogP contribution in [0, 0.1) is 0 Å². The fourth-order valence-electron chi connectivity index (χ4n) is 0.471. The van der Waals surface area contributed by atoms with Gasteiger partial charge in [-0.2, -0.15) is 0 Å². The molecule has 0 aliphatic rings. The molecule has 1 atom stereocenters. The Morgan fingerprint density at radius 1 is 1.40 bits per heavy atom. The van der Waals surface area contributed by atoms with Crippen molar-refractivity contribution in [1.82, 2.24) is 0 Å². The maximum Gasteiger partial charge on any atom is 0.179 e. The second-order valence-electron chi connectivity index (χ2n) is 3.57. The lowest BCUT2D eigenvalue weighted by molar-refractivity contribution is 0.331. The summed E-state index contributed by atoms with van der Waals surface area (Å²) in [4.78, 5) is 0. The lowest BCUT2D eigenvalue weighted by Gasteiger charge is -2.25. The first kappa shape index (κ1) is 10.7. The molecule has 1 unspecified atom stereocenters. The standard InChI is InChI=1S/C7H17BrOSi/c1-7(2,3)10(4)9-6-5-8/h10H,5-6H2,1-4H3. The van der Waals surface area contributed by atoms with Crippen LogP contribution in [0.5, 0.6) is 0 Å². The van der Waals surface area contributed by atoms with E-state index < -0.39 is 9.04 Å². The van der Waals surface area contributed by atoms with Crippen LogP contribution in [0.3, 0.4) is 0 Å². The van der Waals surface area contributed by atoms with Gasteiger partial charge >= 0.3 is 0 Å². The Hall–Kier alpha value is 0.657. The van der Waals surface area contributed by atoms with Gasteiger partial charge in [-0.25, -0.2) is 0 Å². The minimum Gasteiger partial charge on any atom is -0.419 e. The van der Waals surface area contributed by atoms with Crippen molar-refractivity contribution in [2.45, 2.75) is 32.4 Å². The summed E-state index contributed by atoms with van der Waals surface area (Å²) in [5.41, 5.74) is 0. The highest BCUT2D eigenvalue weighted by Crippen LogP contribution is 2.26. The summed E-state index contributed by atoms with van der Waals surface area (Å²) in [6.45, 7) is 9.86. The van der Waals surface area contributed by atoms with Crippen LogP contribution in [0.25, 0.3) is 0 Å². The largest absolute Gasteiger partial charge is 0.419 e. The molecule has 0 aromatic heterocycles. The van der Waals surface area contributed by atoms with Crippen LogP contribution >= 0.6 is 15.9 Å². The average Bonchev–Trinajstić information content (AvgIpc) is 1.80. The fraction of sp³-hybridized carbons (Fsp3) is 1.00. The summed E-state index contributed by atoms with van der Waals surface area (Å²) in [6.07, 6.45) is 0. The number of hydrogen-bond acceptors (Lipinski definition) is 1. The molecular weight excluding hydrogens is 208 g/mol. The number of alkyl halides is 1. The molecule has 0 aliphatic heterocycles. The van der Waals surface area contributed by atoms with Gasteiger partial charge in [0.15, 0.2) is 9.04 Å². The van der Waals surface area contributed by atoms with Gasteiger partial charge in [-0.3, -0.25) is 0 Å². The van der Waals surface area contributed by atoms with Gasteiger partial charge < -0.3 is 4.43 Å². The van der Waals surface area contributed by atoms with Crippen molar-refractivity contribution in [2.24, 2.45) is 0 Å². The first-order valence-electron chi connectivity index (χ1n) is 3.66. The summed E-state index contributed by atoms with van der Waals surface area (Å²) in [6, 6.07) is 0. The zero-order valence-electron chi connectivity index (χ0n) is 7.28. The molecule has 0 aromatic rings. The van der Waals surface area contributed by atoms with E-state index in [0.717, 1.165) is 11.9 Å². The molecule has 10 heavy (non-hydrogen) atoms. The van der Waals surface area contributed by atoms with E-state index in [2.05, 4.69) is 43.2 Å². The molecule has 0 rings (SSSR count). The van der Waals surface area contributed by atoms with Crippen LogP contribution in [0.1, 0.15) is 20.8 Å².